The number of aromatic carboxylic acids is 1. The third-order valence-electron chi connectivity index (χ3n) is 3.55. The Bertz CT molecular complexity index is 503. The number of carboxylic acids is 1. The van der Waals surface area contributed by atoms with E-state index in [1.165, 1.54) is 17.3 Å². The van der Waals surface area contributed by atoms with Crippen molar-refractivity contribution in [3.8, 4) is 0 Å². The fourth-order valence-electron chi connectivity index (χ4n) is 2.30. The Morgan fingerprint density at radius 2 is 2.29 bits per heavy atom. The van der Waals surface area contributed by atoms with Crippen molar-refractivity contribution < 1.29 is 14.7 Å². The van der Waals surface area contributed by atoms with Gasteiger partial charge >= 0.3 is 12.0 Å². The van der Waals surface area contributed by atoms with E-state index in [2.05, 4.69) is 32.9 Å². The molecule has 2 heterocycles. The number of likely N-dealkylation sites (tertiary alicyclic amines) is 1. The molecule has 1 aliphatic rings. The fraction of sp³-hybridized carbons (Fsp3) is 0.667. The maximum absolute atomic E-state index is 11.6. The number of hydrogen-bond donors (Lipinski definition) is 3. The van der Waals surface area contributed by atoms with Crippen molar-refractivity contribution in [2.45, 2.75) is 25.4 Å². The number of nitrogens with one attached hydrogen (secondary N) is 2. The first kappa shape index (κ1) is 15.2. The van der Waals surface area contributed by atoms with Crippen molar-refractivity contribution in [3.63, 3.8) is 0 Å². The lowest BCUT2D eigenvalue weighted by Gasteiger charge is -2.19. The quantitative estimate of drug-likeness (QED) is 0.644. The number of aromatic nitrogens is 3. The minimum absolute atomic E-state index is 0.108. The third-order valence-corrected chi connectivity index (χ3v) is 3.55. The van der Waals surface area contributed by atoms with Gasteiger partial charge < -0.3 is 20.6 Å². The molecule has 9 nitrogen and oxygen atoms in total. The van der Waals surface area contributed by atoms with Crippen molar-refractivity contribution in [3.05, 3.63) is 11.9 Å². The van der Waals surface area contributed by atoms with Crippen LogP contribution in [0.25, 0.3) is 0 Å². The van der Waals surface area contributed by atoms with Gasteiger partial charge in [0.1, 0.15) is 0 Å². The molecule has 1 aromatic rings. The van der Waals surface area contributed by atoms with Crippen molar-refractivity contribution in [1.82, 2.24) is 30.5 Å². The zero-order valence-corrected chi connectivity index (χ0v) is 11.9. The summed E-state index contributed by atoms with van der Waals surface area (Å²) < 4.78 is 1.38. The van der Waals surface area contributed by atoms with Crippen LogP contribution in [0.4, 0.5) is 4.79 Å². The van der Waals surface area contributed by atoms with E-state index in [0.717, 1.165) is 13.0 Å². The Labute approximate surface area is 122 Å². The molecule has 0 spiro atoms. The topological polar surface area (TPSA) is 112 Å². The SMILES string of the molecule is CN1CCCC1CNC(=O)NCCn1cc(C(=O)O)nn1. The van der Waals surface area contributed by atoms with E-state index in [1.54, 1.807) is 0 Å². The predicted octanol–water partition coefficient (Wildman–Crippen LogP) is -0.630. The molecule has 3 N–H and O–H groups in total. The summed E-state index contributed by atoms with van der Waals surface area (Å²) in [4.78, 5) is 24.5. The molecule has 1 aliphatic heterocycles. The molecule has 1 fully saturated rings. The second-order valence-corrected chi connectivity index (χ2v) is 5.09. The average molecular weight is 296 g/mol. The molecule has 0 bridgehead atoms. The van der Waals surface area contributed by atoms with Crippen LogP contribution in [0.3, 0.4) is 0 Å². The highest BCUT2D eigenvalue weighted by Gasteiger charge is 2.20. The summed E-state index contributed by atoms with van der Waals surface area (Å²) in [7, 11) is 2.06. The molecule has 0 aromatic carbocycles. The lowest BCUT2D eigenvalue weighted by Crippen LogP contribution is -2.43. The Balaban J connectivity index is 1.63. The van der Waals surface area contributed by atoms with Gasteiger partial charge in [0, 0.05) is 19.1 Å². The van der Waals surface area contributed by atoms with Gasteiger partial charge in [-0.3, -0.25) is 0 Å². The van der Waals surface area contributed by atoms with Gasteiger partial charge in [0.25, 0.3) is 0 Å². The lowest BCUT2D eigenvalue weighted by atomic mass is 10.2. The largest absolute Gasteiger partial charge is 0.476 e. The van der Waals surface area contributed by atoms with Gasteiger partial charge in [-0.2, -0.15) is 0 Å². The molecule has 2 amide bonds. The van der Waals surface area contributed by atoms with Crippen molar-refractivity contribution in [1.29, 1.82) is 0 Å². The Morgan fingerprint density at radius 1 is 1.48 bits per heavy atom. The van der Waals surface area contributed by atoms with Gasteiger partial charge in [0.05, 0.1) is 12.7 Å². The second kappa shape index (κ2) is 7.02. The molecule has 0 aliphatic carbocycles. The number of nitrogens with zero attached hydrogens (tertiary/aromatic N) is 4. The minimum atomic E-state index is -1.12. The molecular weight excluding hydrogens is 276 g/mol. The number of hydrogen-bond acceptors (Lipinski definition) is 5. The molecule has 21 heavy (non-hydrogen) atoms. The second-order valence-electron chi connectivity index (χ2n) is 5.09. The van der Waals surface area contributed by atoms with E-state index in [1.807, 2.05) is 0 Å². The molecule has 1 aromatic heterocycles. The molecule has 1 saturated heterocycles. The van der Waals surface area contributed by atoms with Gasteiger partial charge in [-0.15, -0.1) is 5.10 Å². The van der Waals surface area contributed by atoms with E-state index < -0.39 is 5.97 Å². The molecule has 1 atom stereocenters. The van der Waals surface area contributed by atoms with Crippen molar-refractivity contribution in [2.24, 2.45) is 0 Å². The highest BCUT2D eigenvalue weighted by molar-refractivity contribution is 5.84. The summed E-state index contributed by atoms with van der Waals surface area (Å²) in [6.07, 6.45) is 3.60. The highest BCUT2D eigenvalue weighted by atomic mass is 16.4. The number of carbonyl (C=O) groups excluding carboxylic acids is 1. The Hall–Kier alpha value is -2.16. The monoisotopic (exact) mass is 296 g/mol. The summed E-state index contributed by atoms with van der Waals surface area (Å²) >= 11 is 0. The van der Waals surface area contributed by atoms with Crippen molar-refractivity contribution >= 4 is 12.0 Å². The molecule has 116 valence electrons. The van der Waals surface area contributed by atoms with Crippen LogP contribution in [0.1, 0.15) is 23.3 Å². The summed E-state index contributed by atoms with van der Waals surface area (Å²) in [5, 5.41) is 21.4. The van der Waals surface area contributed by atoms with E-state index in [9.17, 15) is 9.59 Å². The maximum Gasteiger partial charge on any atom is 0.358 e. The van der Waals surface area contributed by atoms with Gasteiger partial charge in [0.2, 0.25) is 0 Å². The lowest BCUT2D eigenvalue weighted by molar-refractivity contribution is 0.0690. The molecule has 9 heteroatoms. The predicted molar refractivity (Wildman–Crippen MR) is 74.0 cm³/mol. The van der Waals surface area contributed by atoms with E-state index in [-0.39, 0.29) is 11.7 Å². The van der Waals surface area contributed by atoms with Crippen LogP contribution in [0.2, 0.25) is 0 Å². The Morgan fingerprint density at radius 3 is 2.90 bits per heavy atom. The molecule has 0 saturated carbocycles. The maximum atomic E-state index is 11.6. The number of carbonyl (C=O) groups is 2. The summed E-state index contributed by atoms with van der Waals surface area (Å²) in [5.41, 5.74) is -0.108. The first-order valence-electron chi connectivity index (χ1n) is 6.91. The minimum Gasteiger partial charge on any atom is -0.476 e. The van der Waals surface area contributed by atoms with E-state index in [4.69, 9.17) is 5.11 Å². The highest BCUT2D eigenvalue weighted by Crippen LogP contribution is 2.13. The first-order chi connectivity index (χ1) is 10.1. The zero-order chi connectivity index (χ0) is 15.2. The normalized spacial score (nSPS) is 18.6. The number of urea groups is 1. The molecule has 2 rings (SSSR count). The van der Waals surface area contributed by atoms with Gasteiger partial charge in [0.15, 0.2) is 5.69 Å². The van der Waals surface area contributed by atoms with Crippen LogP contribution >= 0.6 is 0 Å². The van der Waals surface area contributed by atoms with Gasteiger partial charge in [-0.25, -0.2) is 14.3 Å². The van der Waals surface area contributed by atoms with Crippen LogP contribution in [-0.4, -0.2) is 69.7 Å². The summed E-state index contributed by atoms with van der Waals surface area (Å²) in [6.45, 7) is 2.44. The fourth-order valence-corrected chi connectivity index (χ4v) is 2.30. The third kappa shape index (κ3) is 4.42. The average Bonchev–Trinajstić information content (AvgIpc) is 3.06. The number of amides is 2. The summed E-state index contributed by atoms with van der Waals surface area (Å²) in [5.74, 6) is -1.12. The summed E-state index contributed by atoms with van der Waals surface area (Å²) in [6, 6.07) is 0.179. The molecule has 1 unspecified atom stereocenters. The Kier molecular flexibility index (Phi) is 5.09. The van der Waals surface area contributed by atoms with Gasteiger partial charge in [-0.05, 0) is 26.4 Å². The first-order valence-corrected chi connectivity index (χ1v) is 6.91. The van der Waals surface area contributed by atoms with Gasteiger partial charge in [-0.1, -0.05) is 5.21 Å². The van der Waals surface area contributed by atoms with Crippen LogP contribution in [0.5, 0.6) is 0 Å². The smallest absolute Gasteiger partial charge is 0.358 e. The van der Waals surface area contributed by atoms with Crippen molar-refractivity contribution in [2.75, 3.05) is 26.7 Å². The number of likely N-dealkylation sites (N-methyl/N-ethyl adjacent to an activating group) is 1. The van der Waals surface area contributed by atoms with Crippen LogP contribution in [-0.2, 0) is 6.54 Å². The standard InChI is InChI=1S/C12H20N6O3/c1-17-5-2-3-9(17)7-14-12(21)13-4-6-18-8-10(11(19)20)15-16-18/h8-9H,2-7H2,1H3,(H,19,20)(H2,13,14,21). The number of carboxylic acid groups (broad SMARTS) is 1. The molecular formula is C12H20N6O3. The van der Waals surface area contributed by atoms with E-state index in [0.29, 0.717) is 25.7 Å². The van der Waals surface area contributed by atoms with Crippen LogP contribution < -0.4 is 10.6 Å². The number of rotatable bonds is 6. The van der Waals surface area contributed by atoms with Crippen LogP contribution in [0.15, 0.2) is 6.20 Å². The zero-order valence-electron chi connectivity index (χ0n) is 11.9. The molecule has 0 radical (unpaired) electrons. The van der Waals surface area contributed by atoms with E-state index >= 15 is 0 Å². The van der Waals surface area contributed by atoms with Crippen LogP contribution in [0, 0.1) is 0 Å².